The second kappa shape index (κ2) is 8.94. The lowest BCUT2D eigenvalue weighted by molar-refractivity contribution is -0.117. The Hall–Kier alpha value is -2.21. The number of benzene rings is 2. The number of rotatable bonds is 6. The van der Waals surface area contributed by atoms with Crippen LogP contribution >= 0.6 is 0 Å². The second-order valence-electron chi connectivity index (χ2n) is 6.92. The number of anilines is 1. The molecule has 1 saturated heterocycles. The van der Waals surface area contributed by atoms with Gasteiger partial charge in [0.05, 0.1) is 12.6 Å². The molecule has 1 aliphatic heterocycles. The maximum atomic E-state index is 12.2. The first-order valence-corrected chi connectivity index (χ1v) is 9.14. The molecule has 5 nitrogen and oxygen atoms in total. The Morgan fingerprint density at radius 3 is 2.27 bits per heavy atom. The molecule has 2 aromatic rings. The number of aryl methyl sites for hydroxylation is 1. The van der Waals surface area contributed by atoms with Gasteiger partial charge in [-0.3, -0.25) is 14.6 Å². The summed E-state index contributed by atoms with van der Waals surface area (Å²) >= 11 is 0. The molecular weight excluding hydrogens is 326 g/mol. The summed E-state index contributed by atoms with van der Waals surface area (Å²) in [6.45, 7) is 6.46. The lowest BCUT2D eigenvalue weighted by atomic mass is 10.1. The van der Waals surface area contributed by atoms with E-state index in [4.69, 9.17) is 0 Å². The summed E-state index contributed by atoms with van der Waals surface area (Å²) in [6, 6.07) is 17.6. The molecule has 0 spiro atoms. The molecule has 1 aliphatic rings. The zero-order valence-electron chi connectivity index (χ0n) is 15.3. The van der Waals surface area contributed by atoms with Crippen LogP contribution in [0.1, 0.15) is 17.2 Å². The van der Waals surface area contributed by atoms with Crippen LogP contribution in [0.4, 0.5) is 5.69 Å². The minimum Gasteiger partial charge on any atom is -0.387 e. The summed E-state index contributed by atoms with van der Waals surface area (Å²) in [7, 11) is 0. The highest BCUT2D eigenvalue weighted by Crippen LogP contribution is 2.15. The van der Waals surface area contributed by atoms with Crippen molar-refractivity contribution in [3.05, 3.63) is 65.7 Å². The van der Waals surface area contributed by atoms with E-state index in [-0.39, 0.29) is 5.91 Å². The Kier molecular flexibility index (Phi) is 6.39. The molecule has 1 amide bonds. The van der Waals surface area contributed by atoms with Crippen molar-refractivity contribution in [1.29, 1.82) is 0 Å². The van der Waals surface area contributed by atoms with E-state index < -0.39 is 6.10 Å². The first kappa shape index (κ1) is 18.6. The Bertz CT molecular complexity index is 695. The summed E-state index contributed by atoms with van der Waals surface area (Å²) in [5, 5.41) is 13.3. The third-order valence-corrected chi connectivity index (χ3v) is 4.78. The smallest absolute Gasteiger partial charge is 0.238 e. The number of aliphatic hydroxyl groups is 1. The highest BCUT2D eigenvalue weighted by Gasteiger charge is 2.21. The largest absolute Gasteiger partial charge is 0.387 e. The Morgan fingerprint density at radius 2 is 1.62 bits per heavy atom. The number of amides is 1. The van der Waals surface area contributed by atoms with Gasteiger partial charge >= 0.3 is 0 Å². The van der Waals surface area contributed by atoms with Gasteiger partial charge in [-0.1, -0.05) is 48.0 Å². The lowest BCUT2D eigenvalue weighted by Gasteiger charge is -2.35. The number of β-amino-alcohol motifs (C(OH)–C–C–N with tert-alkyl or cyclic N) is 1. The second-order valence-corrected chi connectivity index (χ2v) is 6.92. The van der Waals surface area contributed by atoms with Crippen LogP contribution in [0.5, 0.6) is 0 Å². The summed E-state index contributed by atoms with van der Waals surface area (Å²) in [5.41, 5.74) is 2.97. The average molecular weight is 353 g/mol. The molecular formula is C21H27N3O2. The molecule has 26 heavy (non-hydrogen) atoms. The maximum absolute atomic E-state index is 12.2. The minimum atomic E-state index is -0.465. The lowest BCUT2D eigenvalue weighted by Crippen LogP contribution is -2.49. The van der Waals surface area contributed by atoms with E-state index in [1.807, 2.05) is 61.5 Å². The van der Waals surface area contributed by atoms with E-state index in [0.29, 0.717) is 13.1 Å². The molecule has 0 radical (unpaired) electrons. The summed E-state index contributed by atoms with van der Waals surface area (Å²) in [6.07, 6.45) is -0.465. The topological polar surface area (TPSA) is 55.8 Å². The van der Waals surface area contributed by atoms with Crippen LogP contribution in [0.25, 0.3) is 0 Å². The van der Waals surface area contributed by atoms with Crippen LogP contribution in [0.15, 0.2) is 54.6 Å². The number of carbonyl (C=O) groups excluding carboxylic acids is 1. The van der Waals surface area contributed by atoms with E-state index in [2.05, 4.69) is 15.1 Å². The normalized spacial score (nSPS) is 17.0. The van der Waals surface area contributed by atoms with Crippen LogP contribution in [0, 0.1) is 6.92 Å². The maximum Gasteiger partial charge on any atom is 0.238 e. The van der Waals surface area contributed by atoms with Crippen molar-refractivity contribution in [3.8, 4) is 0 Å². The molecule has 1 fully saturated rings. The van der Waals surface area contributed by atoms with Crippen LogP contribution in [-0.2, 0) is 4.79 Å². The van der Waals surface area contributed by atoms with Gasteiger partial charge in [0.15, 0.2) is 0 Å². The van der Waals surface area contributed by atoms with E-state index in [1.165, 1.54) is 5.56 Å². The molecule has 1 atom stereocenters. The molecule has 0 saturated carbocycles. The van der Waals surface area contributed by atoms with Gasteiger partial charge in [0.1, 0.15) is 0 Å². The van der Waals surface area contributed by atoms with Crippen LogP contribution in [0.2, 0.25) is 0 Å². The van der Waals surface area contributed by atoms with Gasteiger partial charge in [-0.25, -0.2) is 0 Å². The van der Waals surface area contributed by atoms with Gasteiger partial charge in [-0.05, 0) is 24.6 Å². The Morgan fingerprint density at radius 1 is 1.00 bits per heavy atom. The van der Waals surface area contributed by atoms with Gasteiger partial charge in [-0.2, -0.15) is 0 Å². The van der Waals surface area contributed by atoms with E-state index in [1.54, 1.807) is 0 Å². The third kappa shape index (κ3) is 5.39. The number of hydrogen-bond donors (Lipinski definition) is 2. The van der Waals surface area contributed by atoms with E-state index in [0.717, 1.165) is 37.4 Å². The Balaban J connectivity index is 1.40. The predicted molar refractivity (Wildman–Crippen MR) is 104 cm³/mol. The zero-order valence-corrected chi connectivity index (χ0v) is 15.3. The summed E-state index contributed by atoms with van der Waals surface area (Å²) < 4.78 is 0. The molecule has 5 heteroatoms. The van der Waals surface area contributed by atoms with Crippen molar-refractivity contribution >= 4 is 11.6 Å². The number of carbonyl (C=O) groups is 1. The SMILES string of the molecule is Cc1ccc(NC(=O)CN2CCN(C[C@@H](O)c3ccccc3)CC2)cc1. The molecule has 3 rings (SSSR count). The van der Waals surface area contributed by atoms with E-state index in [9.17, 15) is 9.90 Å². The third-order valence-electron chi connectivity index (χ3n) is 4.78. The van der Waals surface area contributed by atoms with Gasteiger partial charge in [0.2, 0.25) is 5.91 Å². The number of piperazine rings is 1. The van der Waals surface area contributed by atoms with Crippen LogP contribution < -0.4 is 5.32 Å². The highest BCUT2D eigenvalue weighted by atomic mass is 16.3. The molecule has 0 unspecified atom stereocenters. The van der Waals surface area contributed by atoms with Crippen molar-refractivity contribution in [2.45, 2.75) is 13.0 Å². The van der Waals surface area contributed by atoms with Gasteiger partial charge in [-0.15, -0.1) is 0 Å². The molecule has 2 N–H and O–H groups in total. The molecule has 0 aromatic heterocycles. The van der Waals surface area contributed by atoms with Crippen molar-refractivity contribution in [1.82, 2.24) is 9.80 Å². The van der Waals surface area contributed by atoms with Gasteiger partial charge < -0.3 is 10.4 Å². The standard InChI is InChI=1S/C21H27N3O2/c1-17-7-9-19(10-8-17)22-21(26)16-24-13-11-23(12-14-24)15-20(25)18-5-3-2-4-6-18/h2-10,20,25H,11-16H2,1H3,(H,22,26)/t20-/m1/s1. The first-order valence-electron chi connectivity index (χ1n) is 9.14. The molecule has 0 bridgehead atoms. The fourth-order valence-electron chi connectivity index (χ4n) is 3.20. The average Bonchev–Trinajstić information content (AvgIpc) is 2.66. The predicted octanol–water partition coefficient (Wildman–Crippen LogP) is 2.28. The van der Waals surface area contributed by atoms with Crippen molar-refractivity contribution < 1.29 is 9.90 Å². The minimum absolute atomic E-state index is 0.0200. The molecule has 1 heterocycles. The number of aliphatic hydroxyl groups excluding tert-OH is 1. The van der Waals surface area contributed by atoms with Crippen LogP contribution in [0.3, 0.4) is 0 Å². The highest BCUT2D eigenvalue weighted by molar-refractivity contribution is 5.92. The number of hydrogen-bond acceptors (Lipinski definition) is 4. The van der Waals surface area contributed by atoms with Gasteiger partial charge in [0, 0.05) is 38.4 Å². The summed E-state index contributed by atoms with van der Waals surface area (Å²) in [5.74, 6) is 0.0200. The van der Waals surface area contributed by atoms with Crippen molar-refractivity contribution in [2.75, 3.05) is 44.6 Å². The number of nitrogens with zero attached hydrogens (tertiary/aromatic N) is 2. The van der Waals surface area contributed by atoms with Crippen molar-refractivity contribution in [2.24, 2.45) is 0 Å². The quantitative estimate of drug-likeness (QED) is 0.837. The zero-order chi connectivity index (χ0) is 18.4. The molecule has 138 valence electrons. The fourth-order valence-corrected chi connectivity index (χ4v) is 3.20. The van der Waals surface area contributed by atoms with Crippen LogP contribution in [-0.4, -0.2) is 60.1 Å². The van der Waals surface area contributed by atoms with Crippen molar-refractivity contribution in [3.63, 3.8) is 0 Å². The van der Waals surface area contributed by atoms with Gasteiger partial charge in [0.25, 0.3) is 0 Å². The number of nitrogens with one attached hydrogen (secondary N) is 1. The molecule has 2 aromatic carbocycles. The summed E-state index contributed by atoms with van der Waals surface area (Å²) in [4.78, 5) is 16.6. The first-order chi connectivity index (χ1) is 12.6. The Labute approximate surface area is 155 Å². The monoisotopic (exact) mass is 353 g/mol. The van der Waals surface area contributed by atoms with E-state index >= 15 is 0 Å². The fraction of sp³-hybridized carbons (Fsp3) is 0.381. The molecule has 0 aliphatic carbocycles.